The summed E-state index contributed by atoms with van der Waals surface area (Å²) in [6.07, 6.45) is 4.91. The molecule has 0 N–H and O–H groups in total. The first kappa shape index (κ1) is 18.3. The van der Waals surface area contributed by atoms with E-state index >= 15 is 0 Å². The van der Waals surface area contributed by atoms with Gasteiger partial charge < -0.3 is 4.57 Å². The van der Waals surface area contributed by atoms with Crippen LogP contribution < -0.4 is 0 Å². The number of aromatic nitrogens is 5. The van der Waals surface area contributed by atoms with Gasteiger partial charge in [0.15, 0.2) is 16.8 Å². The van der Waals surface area contributed by atoms with Crippen molar-refractivity contribution in [2.75, 3.05) is 5.75 Å². The Bertz CT molecular complexity index is 937. The van der Waals surface area contributed by atoms with E-state index in [1.807, 2.05) is 31.4 Å². The Morgan fingerprint density at radius 2 is 1.85 bits per heavy atom. The van der Waals surface area contributed by atoms with Gasteiger partial charge in [-0.3, -0.25) is 9.78 Å². The molecule has 2 aromatic heterocycles. The maximum Gasteiger partial charge on any atom is 0.191 e. The van der Waals surface area contributed by atoms with Crippen molar-refractivity contribution in [2.24, 2.45) is 0 Å². The lowest BCUT2D eigenvalue weighted by atomic mass is 9.99. The summed E-state index contributed by atoms with van der Waals surface area (Å²) in [5.41, 5.74) is 4.79. The Morgan fingerprint density at radius 1 is 1.08 bits per heavy atom. The predicted molar refractivity (Wildman–Crippen MR) is 102 cm³/mol. The number of hydrogen-bond donors (Lipinski definition) is 0. The fourth-order valence-electron chi connectivity index (χ4n) is 2.75. The maximum absolute atomic E-state index is 12.7. The summed E-state index contributed by atoms with van der Waals surface area (Å²) >= 11 is 1.40. The number of aryl methyl sites for hydroxylation is 3. The van der Waals surface area contributed by atoms with Gasteiger partial charge in [-0.1, -0.05) is 17.8 Å². The van der Waals surface area contributed by atoms with Gasteiger partial charge in [0, 0.05) is 24.5 Å². The van der Waals surface area contributed by atoms with E-state index in [1.54, 1.807) is 18.6 Å². The van der Waals surface area contributed by atoms with Crippen LogP contribution in [0, 0.1) is 20.8 Å². The van der Waals surface area contributed by atoms with Crippen molar-refractivity contribution in [3.05, 3.63) is 53.0 Å². The molecule has 0 radical (unpaired) electrons. The summed E-state index contributed by atoms with van der Waals surface area (Å²) < 4.78 is 1.95. The number of rotatable bonds is 6. The van der Waals surface area contributed by atoms with Crippen LogP contribution in [-0.4, -0.2) is 36.3 Å². The molecule has 0 saturated carbocycles. The zero-order valence-corrected chi connectivity index (χ0v) is 16.2. The quantitative estimate of drug-likeness (QED) is 0.489. The van der Waals surface area contributed by atoms with E-state index in [4.69, 9.17) is 0 Å². The molecule has 0 amide bonds. The molecular weight excluding hydrogens is 346 g/mol. The molecule has 0 aliphatic heterocycles. The first-order valence-corrected chi connectivity index (χ1v) is 9.43. The van der Waals surface area contributed by atoms with Crippen LogP contribution in [0.1, 0.15) is 34.0 Å². The third-order valence-electron chi connectivity index (χ3n) is 4.30. The lowest BCUT2D eigenvalue weighted by molar-refractivity contribution is 0.102. The van der Waals surface area contributed by atoms with E-state index < -0.39 is 0 Å². The Morgan fingerprint density at radius 3 is 2.54 bits per heavy atom. The van der Waals surface area contributed by atoms with Gasteiger partial charge in [0.2, 0.25) is 0 Å². The highest BCUT2D eigenvalue weighted by molar-refractivity contribution is 7.99. The molecule has 0 unspecified atom stereocenters. The molecule has 0 atom stereocenters. The second-order valence-electron chi connectivity index (χ2n) is 6.10. The highest BCUT2D eigenvalue weighted by Gasteiger charge is 2.17. The van der Waals surface area contributed by atoms with Gasteiger partial charge in [-0.2, -0.15) is 0 Å². The molecule has 0 aliphatic carbocycles. The van der Waals surface area contributed by atoms with Gasteiger partial charge >= 0.3 is 0 Å². The zero-order chi connectivity index (χ0) is 18.7. The number of Topliss-reactive ketones (excluding diaryl/α,β-unsaturated/α-hetero) is 1. The summed E-state index contributed by atoms with van der Waals surface area (Å²) in [5, 5.41) is 9.18. The van der Waals surface area contributed by atoms with Crippen molar-refractivity contribution >= 4 is 17.5 Å². The number of ketones is 1. The molecule has 0 bridgehead atoms. The van der Waals surface area contributed by atoms with Crippen molar-refractivity contribution in [3.63, 3.8) is 0 Å². The van der Waals surface area contributed by atoms with Crippen LogP contribution >= 0.6 is 11.8 Å². The highest BCUT2D eigenvalue weighted by atomic mass is 32.2. The lowest BCUT2D eigenvalue weighted by Crippen LogP contribution is -2.08. The van der Waals surface area contributed by atoms with Crippen molar-refractivity contribution in [1.82, 2.24) is 24.7 Å². The normalized spacial score (nSPS) is 10.9. The average Bonchev–Trinajstić information content (AvgIpc) is 3.06. The molecule has 0 fully saturated rings. The number of carbonyl (C=O) groups excluding carboxylic acids is 1. The first-order valence-electron chi connectivity index (χ1n) is 8.44. The predicted octanol–water partition coefficient (Wildman–Crippen LogP) is 3.66. The minimum atomic E-state index is 0.0994. The number of carbonyl (C=O) groups is 1. The number of thioether (sulfide) groups is 1. The molecular formula is C19H21N5OS. The van der Waals surface area contributed by atoms with Gasteiger partial charge in [-0.15, -0.1) is 10.2 Å². The number of hydrogen-bond acceptors (Lipinski definition) is 6. The van der Waals surface area contributed by atoms with Crippen molar-refractivity contribution in [1.29, 1.82) is 0 Å². The highest BCUT2D eigenvalue weighted by Crippen LogP contribution is 2.24. The van der Waals surface area contributed by atoms with E-state index in [0.29, 0.717) is 29.0 Å². The summed E-state index contributed by atoms with van der Waals surface area (Å²) in [4.78, 5) is 21.0. The molecule has 3 aromatic rings. The molecule has 6 nitrogen and oxygen atoms in total. The SMILES string of the molecule is CCn1c(SCC(=O)c2cc(C)c(C)cc2C)nnc1-c1cnccn1. The fraction of sp³-hybridized carbons (Fsp3) is 0.316. The Kier molecular flexibility index (Phi) is 5.46. The standard InChI is InChI=1S/C19H21N5OS/c1-5-24-18(16-10-20-6-7-21-16)22-23-19(24)26-11-17(25)15-9-13(3)12(2)8-14(15)4/h6-10H,5,11H2,1-4H3. The maximum atomic E-state index is 12.7. The van der Waals surface area contributed by atoms with Crippen LogP contribution in [-0.2, 0) is 6.54 Å². The minimum Gasteiger partial charge on any atom is -0.301 e. The van der Waals surface area contributed by atoms with Crippen molar-refractivity contribution in [2.45, 2.75) is 39.4 Å². The van der Waals surface area contributed by atoms with Gasteiger partial charge in [0.1, 0.15) is 5.69 Å². The van der Waals surface area contributed by atoms with Crippen LogP contribution in [0.4, 0.5) is 0 Å². The van der Waals surface area contributed by atoms with Gasteiger partial charge in [-0.05, 0) is 50.5 Å². The Hall–Kier alpha value is -2.54. The molecule has 134 valence electrons. The van der Waals surface area contributed by atoms with Crippen LogP contribution in [0.25, 0.3) is 11.5 Å². The van der Waals surface area contributed by atoms with E-state index in [1.165, 1.54) is 17.3 Å². The summed E-state index contributed by atoms with van der Waals surface area (Å²) in [6.45, 7) is 8.77. The van der Waals surface area contributed by atoms with Crippen molar-refractivity contribution < 1.29 is 4.79 Å². The van der Waals surface area contributed by atoms with Gasteiger partial charge in [0.25, 0.3) is 0 Å². The average molecular weight is 367 g/mol. The second kappa shape index (κ2) is 7.78. The molecule has 0 spiro atoms. The third kappa shape index (κ3) is 3.67. The lowest BCUT2D eigenvalue weighted by Gasteiger charge is -2.09. The Labute approximate surface area is 157 Å². The third-order valence-corrected chi connectivity index (χ3v) is 5.27. The van der Waals surface area contributed by atoms with Crippen molar-refractivity contribution in [3.8, 4) is 11.5 Å². The smallest absolute Gasteiger partial charge is 0.191 e. The van der Waals surface area contributed by atoms with Gasteiger partial charge in [0.05, 0.1) is 11.9 Å². The van der Waals surface area contributed by atoms with Gasteiger partial charge in [-0.25, -0.2) is 4.98 Å². The molecule has 26 heavy (non-hydrogen) atoms. The van der Waals surface area contributed by atoms with Crippen LogP contribution in [0.3, 0.4) is 0 Å². The van der Waals surface area contributed by atoms with E-state index in [2.05, 4.69) is 33.2 Å². The largest absolute Gasteiger partial charge is 0.301 e. The fourth-order valence-corrected chi connectivity index (χ4v) is 3.64. The van der Waals surface area contributed by atoms with E-state index in [0.717, 1.165) is 16.7 Å². The molecule has 1 aromatic carbocycles. The molecule has 3 rings (SSSR count). The molecule has 0 aliphatic rings. The topological polar surface area (TPSA) is 73.6 Å². The van der Waals surface area contributed by atoms with E-state index in [9.17, 15) is 4.79 Å². The summed E-state index contributed by atoms with van der Waals surface area (Å²) in [5.74, 6) is 1.09. The van der Waals surface area contributed by atoms with Crippen LogP contribution in [0.15, 0.2) is 35.9 Å². The van der Waals surface area contributed by atoms with Crippen LogP contribution in [0.5, 0.6) is 0 Å². The minimum absolute atomic E-state index is 0.0994. The summed E-state index contributed by atoms with van der Waals surface area (Å²) in [7, 11) is 0. The van der Waals surface area contributed by atoms with Crippen LogP contribution in [0.2, 0.25) is 0 Å². The molecule has 2 heterocycles. The first-order chi connectivity index (χ1) is 12.5. The zero-order valence-electron chi connectivity index (χ0n) is 15.4. The van der Waals surface area contributed by atoms with E-state index in [-0.39, 0.29) is 5.78 Å². The molecule has 0 saturated heterocycles. The molecule has 7 heteroatoms. The monoisotopic (exact) mass is 367 g/mol. The number of nitrogens with zero attached hydrogens (tertiary/aromatic N) is 5. The Balaban J connectivity index is 1.79. The summed E-state index contributed by atoms with van der Waals surface area (Å²) in [6, 6.07) is 4.04. The second-order valence-corrected chi connectivity index (χ2v) is 7.05. The number of benzene rings is 1.